The van der Waals surface area contributed by atoms with Crippen molar-refractivity contribution < 1.29 is 19.1 Å². The number of hydrogen-bond acceptors (Lipinski definition) is 4. The van der Waals surface area contributed by atoms with E-state index in [1.54, 1.807) is 25.7 Å². The molecule has 0 aliphatic carbocycles. The lowest BCUT2D eigenvalue weighted by Gasteiger charge is -2.40. The molecule has 1 aromatic rings. The fourth-order valence-electron chi connectivity index (χ4n) is 4.90. The summed E-state index contributed by atoms with van der Waals surface area (Å²) in [5.74, 6) is -0.247. The molecule has 0 fully saturated rings. The Labute approximate surface area is 237 Å². The molecule has 4 unspecified atom stereocenters. The van der Waals surface area contributed by atoms with Gasteiger partial charge >= 0.3 is 6.09 Å². The van der Waals surface area contributed by atoms with Gasteiger partial charge in [0.25, 0.3) is 0 Å². The number of rotatable bonds is 13. The van der Waals surface area contributed by atoms with Crippen LogP contribution in [0.15, 0.2) is 18.2 Å². The van der Waals surface area contributed by atoms with Crippen molar-refractivity contribution in [2.75, 3.05) is 0 Å². The minimum atomic E-state index is -0.853. The molecule has 2 N–H and O–H groups in total. The first-order valence-corrected chi connectivity index (χ1v) is 14.7. The van der Waals surface area contributed by atoms with Crippen molar-refractivity contribution in [3.63, 3.8) is 0 Å². The van der Waals surface area contributed by atoms with Gasteiger partial charge in [0.15, 0.2) is 0 Å². The topological polar surface area (TPSA) is 87.7 Å². The molecule has 0 saturated carbocycles. The van der Waals surface area contributed by atoms with Crippen molar-refractivity contribution in [3.8, 4) is 0 Å². The van der Waals surface area contributed by atoms with Crippen LogP contribution in [0.4, 0.5) is 4.79 Å². The summed E-state index contributed by atoms with van der Waals surface area (Å²) in [6.45, 7) is 23.5. The second kappa shape index (κ2) is 15.3. The predicted octanol–water partition coefficient (Wildman–Crippen LogP) is 6.85. The Hall–Kier alpha value is -2.57. The van der Waals surface area contributed by atoms with Crippen LogP contribution in [0.5, 0.6) is 0 Å². The van der Waals surface area contributed by atoms with Crippen molar-refractivity contribution in [3.05, 3.63) is 34.9 Å². The number of carbonyl (C=O) groups excluding carboxylic acids is 3. The van der Waals surface area contributed by atoms with E-state index in [4.69, 9.17) is 4.74 Å². The van der Waals surface area contributed by atoms with Gasteiger partial charge in [-0.25, -0.2) is 4.79 Å². The van der Waals surface area contributed by atoms with Gasteiger partial charge in [-0.15, -0.1) is 0 Å². The Balaban J connectivity index is 3.72. The maximum atomic E-state index is 14.5. The Morgan fingerprint density at radius 1 is 0.897 bits per heavy atom. The molecular weight excluding hydrogens is 490 g/mol. The summed E-state index contributed by atoms with van der Waals surface area (Å²) in [4.78, 5) is 43.1. The highest BCUT2D eigenvalue weighted by Gasteiger charge is 2.41. The second-order valence-corrected chi connectivity index (χ2v) is 12.8. The number of hydrogen-bond donors (Lipinski definition) is 2. The average Bonchev–Trinajstić information content (AvgIpc) is 2.78. The van der Waals surface area contributed by atoms with Gasteiger partial charge in [0.1, 0.15) is 17.7 Å². The molecule has 0 bridgehead atoms. The zero-order chi connectivity index (χ0) is 30.1. The maximum absolute atomic E-state index is 14.5. The van der Waals surface area contributed by atoms with E-state index in [2.05, 4.69) is 31.4 Å². The van der Waals surface area contributed by atoms with Crippen LogP contribution in [-0.2, 0) is 14.3 Å². The first-order valence-electron chi connectivity index (χ1n) is 14.7. The largest absolute Gasteiger partial charge is 0.444 e. The lowest BCUT2D eigenvalue weighted by molar-refractivity contribution is -0.146. The number of alkyl carbamates (subject to hydrolysis) is 1. The Morgan fingerprint density at radius 2 is 1.46 bits per heavy atom. The van der Waals surface area contributed by atoms with E-state index in [-0.39, 0.29) is 29.8 Å². The van der Waals surface area contributed by atoms with E-state index < -0.39 is 23.8 Å². The number of ether oxygens (including phenoxy) is 1. The summed E-state index contributed by atoms with van der Waals surface area (Å²) in [6.07, 6.45) is 2.79. The molecule has 4 atom stereocenters. The fraction of sp³-hybridized carbons (Fsp3) is 0.719. The number of nitrogens with zero attached hydrogens (tertiary/aromatic N) is 1. The van der Waals surface area contributed by atoms with Crippen molar-refractivity contribution in [2.45, 2.75) is 139 Å². The third kappa shape index (κ3) is 10.8. The molecule has 222 valence electrons. The maximum Gasteiger partial charge on any atom is 0.408 e. The van der Waals surface area contributed by atoms with E-state index >= 15 is 0 Å². The lowest BCUT2D eigenvalue weighted by atomic mass is 9.90. The Kier molecular flexibility index (Phi) is 13.5. The van der Waals surface area contributed by atoms with Crippen LogP contribution in [-0.4, -0.2) is 46.5 Å². The smallest absolute Gasteiger partial charge is 0.408 e. The lowest BCUT2D eigenvalue weighted by Crippen LogP contribution is -2.57. The summed E-state index contributed by atoms with van der Waals surface area (Å²) < 4.78 is 5.50. The standard InChI is InChI=1S/C32H55N3O4/c1-13-15-24(8)33-29(36)28(26-22(6)16-14-17-23(26)7)35(25(9)19-18-20(2)3)30(37)27(21(4)5)34-31(38)39-32(10,11)12/h14,16-17,20-21,24-25,27-28H,13,15,18-19H2,1-12H3,(H,33,36)(H,34,38). The van der Waals surface area contributed by atoms with E-state index in [0.717, 1.165) is 42.4 Å². The molecule has 1 rings (SSSR count). The first-order chi connectivity index (χ1) is 18.0. The normalized spacial score (nSPS) is 14.9. The van der Waals surface area contributed by atoms with Gasteiger partial charge in [-0.3, -0.25) is 9.59 Å². The molecule has 7 heteroatoms. The summed E-state index contributed by atoms with van der Waals surface area (Å²) >= 11 is 0. The zero-order valence-electron chi connectivity index (χ0n) is 26.6. The van der Waals surface area contributed by atoms with Gasteiger partial charge in [0.2, 0.25) is 11.8 Å². The van der Waals surface area contributed by atoms with Crippen molar-refractivity contribution in [1.82, 2.24) is 15.5 Å². The molecule has 7 nitrogen and oxygen atoms in total. The van der Waals surface area contributed by atoms with Gasteiger partial charge in [-0.05, 0) is 96.3 Å². The second-order valence-electron chi connectivity index (χ2n) is 12.8. The summed E-state index contributed by atoms with van der Waals surface area (Å²) in [6, 6.07) is 3.99. The Bertz CT molecular complexity index is 931. The highest BCUT2D eigenvalue weighted by atomic mass is 16.6. The minimum Gasteiger partial charge on any atom is -0.444 e. The van der Waals surface area contributed by atoms with Gasteiger partial charge < -0.3 is 20.3 Å². The van der Waals surface area contributed by atoms with E-state index in [1.165, 1.54) is 0 Å². The Morgan fingerprint density at radius 3 is 1.92 bits per heavy atom. The molecule has 0 spiro atoms. The highest BCUT2D eigenvalue weighted by molar-refractivity contribution is 5.93. The molecule has 0 aromatic heterocycles. The van der Waals surface area contributed by atoms with E-state index in [0.29, 0.717) is 5.92 Å². The molecule has 0 aliphatic rings. The third-order valence-corrected chi connectivity index (χ3v) is 6.95. The van der Waals surface area contributed by atoms with E-state index in [1.807, 2.05) is 59.7 Å². The number of aryl methyl sites for hydroxylation is 2. The molecule has 1 aromatic carbocycles. The summed E-state index contributed by atoms with van der Waals surface area (Å²) in [7, 11) is 0. The van der Waals surface area contributed by atoms with E-state index in [9.17, 15) is 14.4 Å². The monoisotopic (exact) mass is 545 g/mol. The third-order valence-electron chi connectivity index (χ3n) is 6.95. The van der Waals surface area contributed by atoms with Gasteiger partial charge in [-0.2, -0.15) is 0 Å². The number of benzene rings is 1. The first kappa shape index (κ1) is 34.5. The molecule has 0 radical (unpaired) electrons. The SMILES string of the molecule is CCCC(C)NC(=O)C(c1c(C)cccc1C)N(C(=O)C(NC(=O)OC(C)(C)C)C(C)C)C(C)CCC(C)C. The van der Waals surface area contributed by atoms with Crippen LogP contribution in [0.1, 0.15) is 118 Å². The fourth-order valence-corrected chi connectivity index (χ4v) is 4.90. The summed E-state index contributed by atoms with van der Waals surface area (Å²) in [5, 5.41) is 6.01. The average molecular weight is 546 g/mol. The number of amides is 3. The molecule has 0 heterocycles. The van der Waals surface area contributed by atoms with Crippen LogP contribution in [0, 0.1) is 25.7 Å². The molecule has 0 saturated heterocycles. The zero-order valence-corrected chi connectivity index (χ0v) is 26.6. The quantitative estimate of drug-likeness (QED) is 0.284. The van der Waals surface area contributed by atoms with Crippen LogP contribution >= 0.6 is 0 Å². The van der Waals surface area contributed by atoms with Crippen LogP contribution in [0.2, 0.25) is 0 Å². The summed E-state index contributed by atoms with van der Waals surface area (Å²) in [5.41, 5.74) is 2.04. The van der Waals surface area contributed by atoms with Crippen LogP contribution in [0.25, 0.3) is 0 Å². The number of nitrogens with one attached hydrogen (secondary N) is 2. The van der Waals surface area contributed by atoms with Gasteiger partial charge in [0, 0.05) is 12.1 Å². The van der Waals surface area contributed by atoms with Crippen molar-refractivity contribution in [1.29, 1.82) is 0 Å². The molecular formula is C32H55N3O4. The minimum absolute atomic E-state index is 0.0296. The molecule has 39 heavy (non-hydrogen) atoms. The number of carbonyl (C=O) groups is 3. The van der Waals surface area contributed by atoms with Crippen molar-refractivity contribution in [2.24, 2.45) is 11.8 Å². The highest BCUT2D eigenvalue weighted by Crippen LogP contribution is 2.32. The van der Waals surface area contributed by atoms with Gasteiger partial charge in [-0.1, -0.05) is 59.2 Å². The van der Waals surface area contributed by atoms with Gasteiger partial charge in [0.05, 0.1) is 0 Å². The van der Waals surface area contributed by atoms with Crippen molar-refractivity contribution >= 4 is 17.9 Å². The molecule has 0 aliphatic heterocycles. The molecule has 3 amide bonds. The van der Waals surface area contributed by atoms with Crippen LogP contribution in [0.3, 0.4) is 0 Å². The van der Waals surface area contributed by atoms with Crippen LogP contribution < -0.4 is 10.6 Å². The predicted molar refractivity (Wildman–Crippen MR) is 160 cm³/mol.